The van der Waals surface area contributed by atoms with Gasteiger partial charge in [-0.15, -0.1) is 0 Å². The fourth-order valence-corrected chi connectivity index (χ4v) is 4.40. The quantitative estimate of drug-likeness (QED) is 0.348. The van der Waals surface area contributed by atoms with Gasteiger partial charge in [-0.2, -0.15) is 61.5 Å². The molecule has 3 aliphatic rings. The third-order valence-electron chi connectivity index (χ3n) is 6.00. The predicted octanol–water partition coefficient (Wildman–Crippen LogP) is 5.83. The Kier molecular flexibility index (Phi) is 5.42. The van der Waals surface area contributed by atoms with Crippen LogP contribution in [-0.4, -0.2) is 55.0 Å². The van der Waals surface area contributed by atoms with Crippen molar-refractivity contribution in [3.05, 3.63) is 12.2 Å². The van der Waals surface area contributed by atoms with Gasteiger partial charge in [0.15, 0.2) is 0 Å². The summed E-state index contributed by atoms with van der Waals surface area (Å²) in [6.45, 7) is -4.70. The van der Waals surface area contributed by atoms with E-state index in [0.717, 1.165) is 6.08 Å². The fourth-order valence-electron chi connectivity index (χ4n) is 4.40. The third kappa shape index (κ3) is 3.14. The highest BCUT2D eigenvalue weighted by Crippen LogP contribution is 2.63. The van der Waals surface area contributed by atoms with Crippen molar-refractivity contribution in [2.75, 3.05) is 13.2 Å². The smallest absolute Gasteiger partial charge is 0.338 e. The second-order valence-electron chi connectivity index (χ2n) is 7.83. The van der Waals surface area contributed by atoms with Gasteiger partial charge in [0.1, 0.15) is 6.61 Å². The maximum absolute atomic E-state index is 15.0. The second-order valence-corrected chi connectivity index (χ2v) is 7.83. The summed E-state index contributed by atoms with van der Waals surface area (Å²) in [5, 5.41) is 0. The molecule has 0 aromatic rings. The average molecular weight is 502 g/mol. The highest BCUT2D eigenvalue weighted by atomic mass is 19.4. The Balaban J connectivity index is 1.95. The van der Waals surface area contributed by atoms with E-state index in [4.69, 9.17) is 0 Å². The molecule has 0 radical (unpaired) electrons. The van der Waals surface area contributed by atoms with Crippen molar-refractivity contribution in [3.8, 4) is 0 Å². The van der Waals surface area contributed by atoms with Crippen molar-refractivity contribution >= 4 is 0 Å². The van der Waals surface area contributed by atoms with Crippen molar-refractivity contribution in [1.82, 2.24) is 0 Å². The summed E-state index contributed by atoms with van der Waals surface area (Å²) in [5.74, 6) is -37.1. The molecule has 1 saturated carbocycles. The second kappa shape index (κ2) is 6.85. The van der Waals surface area contributed by atoms with Gasteiger partial charge in [0, 0.05) is 5.92 Å². The van der Waals surface area contributed by atoms with Gasteiger partial charge in [0.25, 0.3) is 0 Å². The maximum atomic E-state index is 15.0. The van der Waals surface area contributed by atoms with Crippen LogP contribution in [0.1, 0.15) is 6.42 Å². The number of allylic oxidation sites excluding steroid dienone is 2. The monoisotopic (exact) mass is 502 g/mol. The van der Waals surface area contributed by atoms with Crippen molar-refractivity contribution in [3.63, 3.8) is 0 Å². The van der Waals surface area contributed by atoms with E-state index in [9.17, 15) is 61.5 Å². The third-order valence-corrected chi connectivity index (χ3v) is 6.00. The molecule has 2 nitrogen and oxygen atoms in total. The minimum atomic E-state index is -7.42. The first kappa shape index (κ1) is 25.3. The molecule has 0 aromatic heterocycles. The number of ether oxygens (including phenoxy) is 2. The minimum absolute atomic E-state index is 0.0335. The zero-order valence-electron chi connectivity index (χ0n) is 15.2. The van der Waals surface area contributed by atoms with Gasteiger partial charge in [-0.05, 0) is 24.2 Å². The summed E-state index contributed by atoms with van der Waals surface area (Å²) in [4.78, 5) is 0. The van der Waals surface area contributed by atoms with E-state index in [0.29, 0.717) is 0 Å². The van der Waals surface area contributed by atoms with Gasteiger partial charge in [-0.3, -0.25) is 0 Å². The molecule has 1 heterocycles. The molecule has 5 unspecified atom stereocenters. The molecule has 32 heavy (non-hydrogen) atoms. The van der Waals surface area contributed by atoms with Crippen LogP contribution >= 0.6 is 0 Å². The standard InChI is InChI=1S/C16H12F14O2/c17-10(18,12(21,22)13(23,24)15(25,26)27)5-32-14(16(28,29)30)11(19,20)9-7-2-1-6(3-7)8(9)4-31-14/h1-2,6-9H,3-5H2. The van der Waals surface area contributed by atoms with Gasteiger partial charge in [0.05, 0.1) is 6.61 Å². The van der Waals surface area contributed by atoms with Crippen LogP contribution in [-0.2, 0) is 9.47 Å². The Morgan fingerprint density at radius 3 is 1.84 bits per heavy atom. The molecule has 2 bridgehead atoms. The summed E-state index contributed by atoms with van der Waals surface area (Å²) in [7, 11) is 0. The van der Waals surface area contributed by atoms with Crippen LogP contribution in [0.5, 0.6) is 0 Å². The number of hydrogen-bond donors (Lipinski definition) is 0. The van der Waals surface area contributed by atoms with Crippen molar-refractivity contribution < 1.29 is 70.9 Å². The van der Waals surface area contributed by atoms with Crippen molar-refractivity contribution in [2.45, 2.75) is 48.3 Å². The molecule has 0 N–H and O–H groups in total. The molecule has 3 rings (SSSR count). The Bertz CT molecular complexity index is 770. The van der Waals surface area contributed by atoms with Gasteiger partial charge < -0.3 is 9.47 Å². The van der Waals surface area contributed by atoms with Crippen LogP contribution in [0.2, 0.25) is 0 Å². The molecule has 0 amide bonds. The Morgan fingerprint density at radius 1 is 0.812 bits per heavy atom. The van der Waals surface area contributed by atoms with Crippen LogP contribution in [0.25, 0.3) is 0 Å². The molecule has 1 aliphatic heterocycles. The van der Waals surface area contributed by atoms with Gasteiger partial charge in [0.2, 0.25) is 0 Å². The topological polar surface area (TPSA) is 18.5 Å². The molecule has 16 heteroatoms. The van der Waals surface area contributed by atoms with E-state index in [1.54, 1.807) is 0 Å². The van der Waals surface area contributed by atoms with Crippen molar-refractivity contribution in [2.24, 2.45) is 23.7 Å². The average Bonchev–Trinajstić information content (AvgIpc) is 3.20. The lowest BCUT2D eigenvalue weighted by atomic mass is 9.74. The van der Waals surface area contributed by atoms with Gasteiger partial charge in [-0.1, -0.05) is 12.2 Å². The number of rotatable bonds is 5. The maximum Gasteiger partial charge on any atom is 0.460 e. The largest absolute Gasteiger partial charge is 0.460 e. The molecule has 0 aromatic carbocycles. The Morgan fingerprint density at radius 2 is 1.34 bits per heavy atom. The van der Waals surface area contributed by atoms with E-state index in [-0.39, 0.29) is 6.42 Å². The van der Waals surface area contributed by atoms with Gasteiger partial charge in [-0.25, -0.2) is 0 Å². The van der Waals surface area contributed by atoms with Crippen LogP contribution in [0, 0.1) is 23.7 Å². The van der Waals surface area contributed by atoms with E-state index in [1.807, 2.05) is 0 Å². The normalized spacial score (nSPS) is 35.3. The summed E-state index contributed by atoms with van der Waals surface area (Å²) < 4.78 is 194. The van der Waals surface area contributed by atoms with E-state index >= 15 is 0 Å². The number of hydrogen-bond acceptors (Lipinski definition) is 2. The highest BCUT2D eigenvalue weighted by Gasteiger charge is 2.84. The highest BCUT2D eigenvalue weighted by molar-refractivity contribution is 5.20. The Labute approximate surface area is 169 Å². The zero-order valence-corrected chi connectivity index (χ0v) is 15.2. The summed E-state index contributed by atoms with van der Waals surface area (Å²) in [6, 6.07) is 0. The summed E-state index contributed by atoms with van der Waals surface area (Å²) in [6.07, 6.45) is -11.0. The lowest BCUT2D eigenvalue weighted by molar-refractivity contribution is -0.483. The van der Waals surface area contributed by atoms with Crippen LogP contribution < -0.4 is 0 Å². The number of halogens is 14. The fraction of sp³-hybridized carbons (Fsp3) is 0.875. The van der Waals surface area contributed by atoms with Crippen LogP contribution in [0.4, 0.5) is 61.5 Å². The SMILES string of the molecule is FC(F)(F)C(F)(F)C(F)(F)C(F)(F)COC1(C(F)(F)F)OCC2C3C=CC(C3)C2C1(F)F. The van der Waals surface area contributed by atoms with E-state index in [2.05, 4.69) is 9.47 Å². The molecule has 2 fully saturated rings. The first-order valence-corrected chi connectivity index (χ1v) is 8.75. The van der Waals surface area contributed by atoms with E-state index in [1.165, 1.54) is 6.08 Å². The molecule has 0 spiro atoms. The summed E-state index contributed by atoms with van der Waals surface area (Å²) in [5.41, 5.74) is 0. The zero-order chi connectivity index (χ0) is 24.8. The van der Waals surface area contributed by atoms with Gasteiger partial charge >= 0.3 is 41.8 Å². The molecule has 186 valence electrons. The number of alkyl halides is 14. The first-order chi connectivity index (χ1) is 14.1. The molecular formula is C16H12F14O2. The molecule has 2 aliphatic carbocycles. The van der Waals surface area contributed by atoms with Crippen LogP contribution in [0.3, 0.4) is 0 Å². The number of fused-ring (bicyclic) bond motifs is 5. The molecular weight excluding hydrogens is 490 g/mol. The minimum Gasteiger partial charge on any atom is -0.338 e. The summed E-state index contributed by atoms with van der Waals surface area (Å²) >= 11 is 0. The van der Waals surface area contributed by atoms with Crippen LogP contribution in [0.15, 0.2) is 12.2 Å². The Hall–Kier alpha value is -1.32. The lowest BCUT2D eigenvalue weighted by Gasteiger charge is -2.50. The predicted molar refractivity (Wildman–Crippen MR) is 74.3 cm³/mol. The first-order valence-electron chi connectivity index (χ1n) is 8.75. The molecule has 5 atom stereocenters. The van der Waals surface area contributed by atoms with Crippen molar-refractivity contribution in [1.29, 1.82) is 0 Å². The molecule has 1 saturated heterocycles. The lowest BCUT2D eigenvalue weighted by Crippen LogP contribution is -2.71. The van der Waals surface area contributed by atoms with E-state index < -0.39 is 78.7 Å².